The van der Waals surface area contributed by atoms with Crippen LogP contribution in [0.15, 0.2) is 23.1 Å². The number of hydrogen-bond donors (Lipinski definition) is 1. The number of ether oxygens (including phenoxy) is 1. The molecule has 0 aromatic heterocycles. The number of morpholine rings is 1. The Bertz CT molecular complexity index is 926. The van der Waals surface area contributed by atoms with Crippen molar-refractivity contribution < 1.29 is 22.7 Å². The first kappa shape index (κ1) is 24.5. The Kier molecular flexibility index (Phi) is 8.13. The van der Waals surface area contributed by atoms with Gasteiger partial charge in [0.25, 0.3) is 0 Å². The molecular formula is C22H34N4O5S. The Morgan fingerprint density at radius 3 is 2.50 bits per heavy atom. The Balaban J connectivity index is 1.71. The zero-order chi connectivity index (χ0) is 23.3. The predicted molar refractivity (Wildman–Crippen MR) is 122 cm³/mol. The number of nitrogens with zero attached hydrogens (tertiary/aromatic N) is 3. The van der Waals surface area contributed by atoms with Gasteiger partial charge in [-0.1, -0.05) is 6.07 Å². The average molecular weight is 467 g/mol. The monoisotopic (exact) mass is 466 g/mol. The number of amides is 3. The molecule has 0 aliphatic carbocycles. The smallest absolute Gasteiger partial charge is 0.320 e. The topological polar surface area (TPSA) is 99.3 Å². The summed E-state index contributed by atoms with van der Waals surface area (Å²) in [7, 11) is -3.67. The third-order valence-electron chi connectivity index (χ3n) is 6.14. The molecule has 1 N–H and O–H groups in total. The molecular weight excluding hydrogens is 432 g/mol. The molecule has 0 spiro atoms. The molecule has 178 valence electrons. The molecule has 1 aromatic rings. The molecule has 2 heterocycles. The molecule has 0 saturated carbocycles. The number of anilines is 1. The summed E-state index contributed by atoms with van der Waals surface area (Å²) >= 11 is 0. The van der Waals surface area contributed by atoms with Gasteiger partial charge in [-0.3, -0.25) is 4.79 Å². The van der Waals surface area contributed by atoms with Gasteiger partial charge < -0.3 is 19.9 Å². The molecule has 1 atom stereocenters. The molecule has 2 aliphatic rings. The first-order chi connectivity index (χ1) is 15.3. The Morgan fingerprint density at radius 1 is 1.16 bits per heavy atom. The molecule has 0 bridgehead atoms. The number of urea groups is 1. The molecule has 2 aliphatic heterocycles. The largest absolute Gasteiger partial charge is 0.379 e. The summed E-state index contributed by atoms with van der Waals surface area (Å²) in [6.45, 7) is 9.28. The van der Waals surface area contributed by atoms with Gasteiger partial charge in [-0.2, -0.15) is 4.31 Å². The van der Waals surface area contributed by atoms with Crippen LogP contribution in [0.2, 0.25) is 0 Å². The van der Waals surface area contributed by atoms with Gasteiger partial charge in [0.05, 0.1) is 24.0 Å². The molecule has 0 unspecified atom stereocenters. The highest BCUT2D eigenvalue weighted by Crippen LogP contribution is 2.26. The number of piperidine rings is 1. The van der Waals surface area contributed by atoms with Crippen molar-refractivity contribution in [3.8, 4) is 0 Å². The second-order valence-corrected chi connectivity index (χ2v) is 10.1. The lowest BCUT2D eigenvalue weighted by Gasteiger charge is -2.35. The van der Waals surface area contributed by atoms with Crippen molar-refractivity contribution in [2.75, 3.05) is 57.8 Å². The van der Waals surface area contributed by atoms with Crippen molar-refractivity contribution in [1.82, 2.24) is 14.1 Å². The highest BCUT2D eigenvalue weighted by molar-refractivity contribution is 7.89. The van der Waals surface area contributed by atoms with Crippen LogP contribution in [0.25, 0.3) is 0 Å². The Labute approximate surface area is 190 Å². The second-order valence-electron chi connectivity index (χ2n) is 8.23. The van der Waals surface area contributed by atoms with Crippen LogP contribution < -0.4 is 5.32 Å². The quantitative estimate of drug-likeness (QED) is 0.692. The number of aryl methyl sites for hydroxylation is 1. The van der Waals surface area contributed by atoms with Gasteiger partial charge in [0.1, 0.15) is 0 Å². The van der Waals surface area contributed by atoms with E-state index in [0.717, 1.165) is 6.42 Å². The van der Waals surface area contributed by atoms with Gasteiger partial charge in [-0.05, 0) is 51.3 Å². The molecule has 0 radical (unpaired) electrons. The van der Waals surface area contributed by atoms with E-state index in [0.29, 0.717) is 70.2 Å². The van der Waals surface area contributed by atoms with E-state index in [2.05, 4.69) is 5.32 Å². The average Bonchev–Trinajstić information content (AvgIpc) is 2.81. The van der Waals surface area contributed by atoms with Gasteiger partial charge in [-0.25, -0.2) is 13.2 Å². The lowest BCUT2D eigenvalue weighted by atomic mass is 9.97. The van der Waals surface area contributed by atoms with E-state index < -0.39 is 10.0 Å². The number of hydrogen-bond acceptors (Lipinski definition) is 5. The van der Waals surface area contributed by atoms with Crippen molar-refractivity contribution in [1.29, 1.82) is 0 Å². The maximum atomic E-state index is 13.1. The zero-order valence-corrected chi connectivity index (χ0v) is 20.0. The molecule has 3 rings (SSSR count). The predicted octanol–water partition coefficient (Wildman–Crippen LogP) is 2.13. The van der Waals surface area contributed by atoms with Crippen LogP contribution in [-0.4, -0.2) is 86.9 Å². The van der Waals surface area contributed by atoms with Crippen LogP contribution in [0, 0.1) is 12.8 Å². The fourth-order valence-electron chi connectivity index (χ4n) is 4.19. The normalized spacial score (nSPS) is 20.1. The highest BCUT2D eigenvalue weighted by Gasteiger charge is 2.31. The van der Waals surface area contributed by atoms with E-state index in [-0.39, 0.29) is 22.8 Å². The van der Waals surface area contributed by atoms with E-state index in [1.54, 1.807) is 28.9 Å². The fourth-order valence-corrected chi connectivity index (χ4v) is 5.84. The molecule has 3 amide bonds. The first-order valence-electron chi connectivity index (χ1n) is 11.3. The summed E-state index contributed by atoms with van der Waals surface area (Å²) in [4.78, 5) is 29.3. The number of carbonyl (C=O) groups excluding carboxylic acids is 2. The maximum Gasteiger partial charge on any atom is 0.320 e. The second kappa shape index (κ2) is 10.6. The first-order valence-corrected chi connectivity index (χ1v) is 12.7. The summed E-state index contributed by atoms with van der Waals surface area (Å²) in [5.41, 5.74) is 1.07. The van der Waals surface area contributed by atoms with Gasteiger partial charge in [0, 0.05) is 45.0 Å². The van der Waals surface area contributed by atoms with E-state index >= 15 is 0 Å². The minimum atomic E-state index is -3.67. The van der Waals surface area contributed by atoms with Crippen LogP contribution in [0.3, 0.4) is 0 Å². The van der Waals surface area contributed by atoms with Gasteiger partial charge in [-0.15, -0.1) is 0 Å². The van der Waals surface area contributed by atoms with Crippen LogP contribution >= 0.6 is 0 Å². The summed E-state index contributed by atoms with van der Waals surface area (Å²) in [6, 6.07) is 4.91. The van der Waals surface area contributed by atoms with Crippen molar-refractivity contribution in [2.45, 2.75) is 38.5 Å². The minimum Gasteiger partial charge on any atom is -0.379 e. The van der Waals surface area contributed by atoms with Crippen molar-refractivity contribution in [3.05, 3.63) is 23.8 Å². The number of nitrogens with one attached hydrogen (secondary N) is 1. The zero-order valence-electron chi connectivity index (χ0n) is 19.2. The van der Waals surface area contributed by atoms with Gasteiger partial charge in [0.15, 0.2) is 0 Å². The van der Waals surface area contributed by atoms with Gasteiger partial charge >= 0.3 is 6.03 Å². The fraction of sp³-hybridized carbons (Fsp3) is 0.636. The maximum absolute atomic E-state index is 13.1. The summed E-state index contributed by atoms with van der Waals surface area (Å²) < 4.78 is 32.9. The molecule has 1 aromatic carbocycles. The lowest BCUT2D eigenvalue weighted by Crippen LogP contribution is -2.49. The van der Waals surface area contributed by atoms with E-state index in [4.69, 9.17) is 4.74 Å². The Morgan fingerprint density at radius 2 is 1.84 bits per heavy atom. The third kappa shape index (κ3) is 5.41. The van der Waals surface area contributed by atoms with Crippen LogP contribution in [0.1, 0.15) is 32.3 Å². The molecule has 2 saturated heterocycles. The highest BCUT2D eigenvalue weighted by atomic mass is 32.2. The van der Waals surface area contributed by atoms with Crippen molar-refractivity contribution in [2.24, 2.45) is 5.92 Å². The SMILES string of the molecule is CCN(CC)C(=O)N1CCC[C@@H](C(=O)Nc2ccc(C)c(S(=O)(=O)N3CCOCC3)c2)C1. The number of carbonyl (C=O) groups is 2. The Hall–Kier alpha value is -2.17. The summed E-state index contributed by atoms with van der Waals surface area (Å²) in [5, 5.41) is 2.87. The molecule has 2 fully saturated rings. The van der Waals surface area contributed by atoms with Crippen LogP contribution in [-0.2, 0) is 19.6 Å². The standard InChI is InChI=1S/C22H34N4O5S/c1-4-24(5-2)22(28)25-10-6-7-18(16-25)21(27)23-19-9-8-17(3)20(15-19)32(29,30)26-11-13-31-14-12-26/h8-9,15,18H,4-7,10-14,16H2,1-3H3,(H,23,27)/t18-/m1/s1. The number of likely N-dealkylation sites (tertiary alicyclic amines) is 1. The van der Waals surface area contributed by atoms with Crippen molar-refractivity contribution >= 4 is 27.6 Å². The van der Waals surface area contributed by atoms with Crippen LogP contribution in [0.5, 0.6) is 0 Å². The third-order valence-corrected chi connectivity index (χ3v) is 8.18. The number of benzene rings is 1. The number of sulfonamides is 1. The van der Waals surface area contributed by atoms with Crippen LogP contribution in [0.4, 0.5) is 10.5 Å². The number of rotatable bonds is 6. The summed E-state index contributed by atoms with van der Waals surface area (Å²) in [6.07, 6.45) is 1.45. The molecule has 9 nitrogen and oxygen atoms in total. The molecule has 10 heteroatoms. The van der Waals surface area contributed by atoms with E-state index in [1.807, 2.05) is 13.8 Å². The van der Waals surface area contributed by atoms with Crippen molar-refractivity contribution in [3.63, 3.8) is 0 Å². The summed E-state index contributed by atoms with van der Waals surface area (Å²) in [5.74, 6) is -0.524. The molecule has 32 heavy (non-hydrogen) atoms. The van der Waals surface area contributed by atoms with Gasteiger partial charge in [0.2, 0.25) is 15.9 Å². The van der Waals surface area contributed by atoms with E-state index in [1.165, 1.54) is 10.4 Å². The lowest BCUT2D eigenvalue weighted by molar-refractivity contribution is -0.121. The minimum absolute atomic E-state index is 0.0401. The van der Waals surface area contributed by atoms with E-state index in [9.17, 15) is 18.0 Å².